The van der Waals surface area contributed by atoms with Gasteiger partial charge in [-0.2, -0.15) is 0 Å². The lowest BCUT2D eigenvalue weighted by Gasteiger charge is -2.32. The van der Waals surface area contributed by atoms with Crippen molar-refractivity contribution in [3.63, 3.8) is 0 Å². The quantitative estimate of drug-likeness (QED) is 0.693. The molecule has 0 fully saturated rings. The van der Waals surface area contributed by atoms with Crippen molar-refractivity contribution in [3.05, 3.63) is 71.0 Å². The number of aromatic hydroxyl groups is 1. The zero-order chi connectivity index (χ0) is 18.3. The van der Waals surface area contributed by atoms with E-state index in [1.165, 1.54) is 11.8 Å². The molecule has 1 aliphatic heterocycles. The molecule has 1 aliphatic rings. The van der Waals surface area contributed by atoms with Gasteiger partial charge in [0, 0.05) is 5.56 Å². The van der Waals surface area contributed by atoms with Crippen molar-refractivity contribution in [1.29, 1.82) is 0 Å². The Morgan fingerprint density at radius 2 is 1.77 bits per heavy atom. The molecule has 26 heavy (non-hydrogen) atoms. The Hall–Kier alpha value is -2.80. The molecule has 2 N–H and O–H groups in total. The van der Waals surface area contributed by atoms with Crippen LogP contribution in [-0.4, -0.2) is 31.0 Å². The van der Waals surface area contributed by atoms with Crippen LogP contribution in [0.2, 0.25) is 0 Å². The van der Waals surface area contributed by atoms with Crippen LogP contribution in [0.3, 0.4) is 0 Å². The third-order valence-corrected chi connectivity index (χ3v) is 5.66. The molecule has 2 heterocycles. The summed E-state index contributed by atoms with van der Waals surface area (Å²) >= 11 is 1.41. The predicted molar refractivity (Wildman–Crippen MR) is 100 cm³/mol. The standard InChI is InChI=1S/C19H18N4O2S/c1-11-3-5-14(6-4-11)17(25)18-16(13-7-9-15(24)10-8-13)22-23-12(2)20-21-19(23)26-18/h3-10,16,18,22,24H,1-2H3. The number of hydrogen-bond donors (Lipinski definition) is 2. The Labute approximate surface area is 155 Å². The minimum Gasteiger partial charge on any atom is -0.508 e. The van der Waals surface area contributed by atoms with Crippen LogP contribution in [0.1, 0.15) is 33.4 Å². The number of fused-ring (bicyclic) bond motifs is 1. The van der Waals surface area contributed by atoms with Gasteiger partial charge in [0.25, 0.3) is 0 Å². The number of thioether (sulfide) groups is 1. The maximum atomic E-state index is 13.2. The summed E-state index contributed by atoms with van der Waals surface area (Å²) in [4.78, 5) is 13.2. The molecular formula is C19H18N4O2S. The van der Waals surface area contributed by atoms with Crippen LogP contribution in [0.4, 0.5) is 0 Å². The number of ketones is 1. The first kappa shape index (κ1) is 16.7. The van der Waals surface area contributed by atoms with Crippen molar-refractivity contribution >= 4 is 17.5 Å². The average molecular weight is 366 g/mol. The maximum absolute atomic E-state index is 13.2. The number of nitrogens with zero attached hydrogens (tertiary/aromatic N) is 3. The number of aryl methyl sites for hydroxylation is 2. The van der Waals surface area contributed by atoms with Crippen LogP contribution in [0.25, 0.3) is 0 Å². The van der Waals surface area contributed by atoms with E-state index in [1.54, 1.807) is 16.8 Å². The lowest BCUT2D eigenvalue weighted by Crippen LogP contribution is -2.39. The van der Waals surface area contributed by atoms with Crippen molar-refractivity contribution in [2.24, 2.45) is 0 Å². The highest BCUT2D eigenvalue weighted by Gasteiger charge is 2.37. The van der Waals surface area contributed by atoms with Gasteiger partial charge in [0.2, 0.25) is 5.16 Å². The van der Waals surface area contributed by atoms with Crippen molar-refractivity contribution in [2.45, 2.75) is 30.3 Å². The van der Waals surface area contributed by atoms with Crippen LogP contribution in [0, 0.1) is 13.8 Å². The monoisotopic (exact) mass is 366 g/mol. The van der Waals surface area contributed by atoms with Gasteiger partial charge in [-0.1, -0.05) is 53.7 Å². The molecule has 2 aromatic carbocycles. The smallest absolute Gasteiger partial charge is 0.210 e. The Kier molecular flexibility index (Phi) is 4.16. The number of aromatic nitrogens is 3. The average Bonchev–Trinajstić information content (AvgIpc) is 3.02. The van der Waals surface area contributed by atoms with Gasteiger partial charge >= 0.3 is 0 Å². The molecule has 3 aromatic rings. The van der Waals surface area contributed by atoms with Gasteiger partial charge in [0.05, 0.1) is 6.04 Å². The van der Waals surface area contributed by atoms with Crippen LogP contribution in [0.5, 0.6) is 5.75 Å². The van der Waals surface area contributed by atoms with Gasteiger partial charge in [-0.15, -0.1) is 10.2 Å². The van der Waals surface area contributed by atoms with E-state index in [2.05, 4.69) is 15.6 Å². The van der Waals surface area contributed by atoms with E-state index in [9.17, 15) is 9.90 Å². The van der Waals surface area contributed by atoms with Crippen LogP contribution in [-0.2, 0) is 0 Å². The molecular weight excluding hydrogens is 348 g/mol. The highest BCUT2D eigenvalue weighted by molar-refractivity contribution is 8.00. The predicted octanol–water partition coefficient (Wildman–Crippen LogP) is 3.24. The molecule has 1 aromatic heterocycles. The van der Waals surface area contributed by atoms with Crippen molar-refractivity contribution in [3.8, 4) is 5.75 Å². The molecule has 6 nitrogen and oxygen atoms in total. The van der Waals surface area contributed by atoms with E-state index >= 15 is 0 Å². The van der Waals surface area contributed by atoms with Gasteiger partial charge in [-0.3, -0.25) is 4.79 Å². The highest BCUT2D eigenvalue weighted by atomic mass is 32.2. The topological polar surface area (TPSA) is 80.0 Å². The molecule has 132 valence electrons. The summed E-state index contributed by atoms with van der Waals surface area (Å²) in [7, 11) is 0. The summed E-state index contributed by atoms with van der Waals surface area (Å²) in [6.07, 6.45) is 0. The van der Waals surface area contributed by atoms with E-state index in [4.69, 9.17) is 0 Å². The van der Waals surface area contributed by atoms with Gasteiger partial charge < -0.3 is 10.5 Å². The Balaban J connectivity index is 1.74. The molecule has 0 saturated carbocycles. The lowest BCUT2D eigenvalue weighted by molar-refractivity contribution is 0.0980. The number of nitrogens with one attached hydrogen (secondary N) is 1. The molecule has 0 radical (unpaired) electrons. The number of carbonyl (C=O) groups excluding carboxylic acids is 1. The van der Waals surface area contributed by atoms with E-state index in [0.717, 1.165) is 17.0 Å². The Morgan fingerprint density at radius 1 is 1.08 bits per heavy atom. The van der Waals surface area contributed by atoms with Crippen molar-refractivity contribution < 1.29 is 9.90 Å². The Bertz CT molecular complexity index is 951. The van der Waals surface area contributed by atoms with Gasteiger partial charge in [-0.25, -0.2) is 4.68 Å². The largest absolute Gasteiger partial charge is 0.508 e. The number of phenolic OH excluding ortho intramolecular Hbond substituents is 1. The summed E-state index contributed by atoms with van der Waals surface area (Å²) in [5.74, 6) is 0.963. The van der Waals surface area contributed by atoms with Crippen LogP contribution < -0.4 is 5.43 Å². The van der Waals surface area contributed by atoms with Gasteiger partial charge in [0.15, 0.2) is 5.78 Å². The molecule has 0 saturated heterocycles. The SMILES string of the molecule is Cc1ccc(C(=O)C2Sc3nnc(C)n3NC2c2ccc(O)cc2)cc1. The fraction of sp³-hybridized carbons (Fsp3) is 0.211. The van der Waals surface area contributed by atoms with Gasteiger partial charge in [0.1, 0.15) is 16.8 Å². The van der Waals surface area contributed by atoms with E-state index in [1.807, 2.05) is 50.2 Å². The number of carbonyl (C=O) groups is 1. The number of benzene rings is 2. The first-order chi connectivity index (χ1) is 12.5. The lowest BCUT2D eigenvalue weighted by atomic mass is 9.97. The second kappa shape index (κ2) is 6.49. The minimum absolute atomic E-state index is 0.0347. The fourth-order valence-corrected chi connectivity index (χ4v) is 4.18. The summed E-state index contributed by atoms with van der Waals surface area (Å²) in [6.45, 7) is 3.86. The fourth-order valence-electron chi connectivity index (χ4n) is 2.97. The van der Waals surface area contributed by atoms with Crippen LogP contribution in [0.15, 0.2) is 53.7 Å². The normalized spacial score (nSPS) is 18.8. The molecule has 2 atom stereocenters. The Morgan fingerprint density at radius 3 is 2.46 bits per heavy atom. The van der Waals surface area contributed by atoms with E-state index in [0.29, 0.717) is 10.7 Å². The highest BCUT2D eigenvalue weighted by Crippen LogP contribution is 2.38. The summed E-state index contributed by atoms with van der Waals surface area (Å²) in [6, 6.07) is 14.2. The summed E-state index contributed by atoms with van der Waals surface area (Å²) in [5, 5.41) is 18.1. The van der Waals surface area contributed by atoms with Crippen molar-refractivity contribution in [2.75, 3.05) is 5.43 Å². The van der Waals surface area contributed by atoms with Crippen molar-refractivity contribution in [1.82, 2.24) is 14.9 Å². The number of hydrogen-bond acceptors (Lipinski definition) is 6. The first-order valence-corrected chi connectivity index (χ1v) is 9.16. The van der Waals surface area contributed by atoms with E-state index in [-0.39, 0.29) is 17.6 Å². The third-order valence-electron chi connectivity index (χ3n) is 4.45. The number of Topliss-reactive ketones (excluding diaryl/α,β-unsaturated/α-hetero) is 1. The maximum Gasteiger partial charge on any atom is 0.210 e. The molecule has 7 heteroatoms. The van der Waals surface area contributed by atoms with Gasteiger partial charge in [-0.05, 0) is 31.5 Å². The zero-order valence-corrected chi connectivity index (χ0v) is 15.2. The summed E-state index contributed by atoms with van der Waals surface area (Å²) in [5.41, 5.74) is 6.06. The zero-order valence-electron chi connectivity index (χ0n) is 14.4. The second-order valence-corrected chi connectivity index (χ2v) is 7.44. The van der Waals surface area contributed by atoms with Crippen LogP contribution >= 0.6 is 11.8 Å². The second-order valence-electron chi connectivity index (χ2n) is 6.33. The molecule has 0 aliphatic carbocycles. The molecule has 4 rings (SSSR count). The first-order valence-electron chi connectivity index (χ1n) is 8.28. The third kappa shape index (κ3) is 2.94. The molecule has 0 spiro atoms. The molecule has 2 unspecified atom stereocenters. The summed E-state index contributed by atoms with van der Waals surface area (Å²) < 4.78 is 1.81. The number of rotatable bonds is 3. The molecule has 0 bridgehead atoms. The molecule has 0 amide bonds. The van der Waals surface area contributed by atoms with E-state index < -0.39 is 5.25 Å². The number of phenols is 1. The minimum atomic E-state index is -0.390.